The largest absolute Gasteiger partial charge is 0.496 e. The van der Waals surface area contributed by atoms with E-state index in [1.807, 2.05) is 18.9 Å². The third-order valence-electron chi connectivity index (χ3n) is 4.19. The summed E-state index contributed by atoms with van der Waals surface area (Å²) in [6, 6.07) is 2.63. The van der Waals surface area contributed by atoms with E-state index in [-0.39, 0.29) is 18.1 Å². The Labute approximate surface area is 163 Å². The second kappa shape index (κ2) is 9.77. The fraction of sp³-hybridized carbons (Fsp3) is 0.579. The van der Waals surface area contributed by atoms with E-state index < -0.39 is 23.8 Å². The Morgan fingerprint density at radius 1 is 1.29 bits per heavy atom. The zero-order valence-corrected chi connectivity index (χ0v) is 17.1. The van der Waals surface area contributed by atoms with Crippen molar-refractivity contribution in [1.29, 1.82) is 0 Å². The van der Waals surface area contributed by atoms with Gasteiger partial charge in [-0.25, -0.2) is 4.99 Å². The topological polar surface area (TPSA) is 66.7 Å². The van der Waals surface area contributed by atoms with E-state index in [2.05, 4.69) is 10.1 Å². The van der Waals surface area contributed by atoms with Crippen LogP contribution in [-0.4, -0.2) is 55.5 Å². The predicted octanol–water partition coefficient (Wildman–Crippen LogP) is 4.17. The molecular formula is C19H28F3N3O3. The smallest absolute Gasteiger partial charge is 0.421 e. The lowest BCUT2D eigenvalue weighted by atomic mass is 9.86. The molecular weight excluding hydrogens is 375 g/mol. The van der Waals surface area contributed by atoms with Gasteiger partial charge in [0.15, 0.2) is 5.60 Å². The molecule has 0 saturated carbocycles. The number of rotatable bonds is 9. The van der Waals surface area contributed by atoms with E-state index in [1.54, 1.807) is 20.2 Å². The quantitative estimate of drug-likeness (QED) is 0.382. The molecule has 0 radical (unpaired) electrons. The van der Waals surface area contributed by atoms with Crippen LogP contribution < -0.4 is 4.74 Å². The predicted molar refractivity (Wildman–Crippen MR) is 103 cm³/mol. The number of aliphatic hydroxyl groups is 1. The molecule has 6 nitrogen and oxygen atoms in total. The number of aliphatic imine (C=N–C) groups is 1. The fourth-order valence-electron chi connectivity index (χ4n) is 2.48. The zero-order valence-electron chi connectivity index (χ0n) is 17.1. The first-order valence-corrected chi connectivity index (χ1v) is 8.88. The van der Waals surface area contributed by atoms with E-state index in [1.165, 1.54) is 26.2 Å². The first-order valence-electron chi connectivity index (χ1n) is 8.88. The van der Waals surface area contributed by atoms with Crippen molar-refractivity contribution < 1.29 is 27.9 Å². The Hall–Kier alpha value is -2.29. The minimum Gasteiger partial charge on any atom is -0.496 e. The molecule has 0 fully saturated rings. The van der Waals surface area contributed by atoms with Crippen molar-refractivity contribution in [3.8, 4) is 5.75 Å². The van der Waals surface area contributed by atoms with Crippen LogP contribution in [0.4, 0.5) is 18.9 Å². The van der Waals surface area contributed by atoms with Crippen molar-refractivity contribution in [3.05, 3.63) is 23.3 Å². The zero-order chi connectivity index (χ0) is 21.5. The minimum atomic E-state index is -4.96. The summed E-state index contributed by atoms with van der Waals surface area (Å²) >= 11 is 0. The molecule has 1 atom stereocenters. The number of oxime groups is 1. The van der Waals surface area contributed by atoms with Crippen LogP contribution >= 0.6 is 0 Å². The average molecular weight is 403 g/mol. The van der Waals surface area contributed by atoms with Gasteiger partial charge in [-0.1, -0.05) is 5.16 Å². The summed E-state index contributed by atoms with van der Waals surface area (Å²) in [5, 5.41) is 14.3. The molecule has 0 bridgehead atoms. The Morgan fingerprint density at radius 2 is 1.93 bits per heavy atom. The van der Waals surface area contributed by atoms with Gasteiger partial charge in [-0.05, 0) is 39.3 Å². The number of nitrogens with zero attached hydrogens (tertiary/aromatic N) is 3. The molecule has 1 unspecified atom stereocenters. The van der Waals surface area contributed by atoms with Crippen molar-refractivity contribution in [2.45, 2.75) is 45.9 Å². The first-order chi connectivity index (χ1) is 13.0. The van der Waals surface area contributed by atoms with Crippen LogP contribution in [0.25, 0.3) is 0 Å². The van der Waals surface area contributed by atoms with E-state index in [4.69, 9.17) is 9.57 Å². The average Bonchev–Trinajstić information content (AvgIpc) is 2.63. The van der Waals surface area contributed by atoms with E-state index in [9.17, 15) is 18.3 Å². The highest BCUT2D eigenvalue weighted by Gasteiger charge is 2.56. The molecule has 0 aliphatic rings. The van der Waals surface area contributed by atoms with Crippen LogP contribution in [0.3, 0.4) is 0 Å². The summed E-state index contributed by atoms with van der Waals surface area (Å²) in [4.78, 5) is 10.9. The Morgan fingerprint density at radius 3 is 2.43 bits per heavy atom. The number of ether oxygens (including phenoxy) is 1. The molecule has 9 heteroatoms. The third kappa shape index (κ3) is 5.60. The maximum atomic E-state index is 13.9. The minimum absolute atomic E-state index is 0.00745. The maximum absolute atomic E-state index is 13.9. The number of benzene rings is 1. The molecule has 28 heavy (non-hydrogen) atoms. The number of hydrogen-bond donors (Lipinski definition) is 1. The summed E-state index contributed by atoms with van der Waals surface area (Å²) in [5.41, 5.74) is -2.65. The van der Waals surface area contributed by atoms with Gasteiger partial charge < -0.3 is 19.6 Å². The van der Waals surface area contributed by atoms with Crippen LogP contribution in [0, 0.1) is 6.92 Å². The molecule has 1 aromatic rings. The van der Waals surface area contributed by atoms with Gasteiger partial charge in [0.2, 0.25) is 0 Å². The fourth-order valence-corrected chi connectivity index (χ4v) is 2.48. The second-order valence-corrected chi connectivity index (χ2v) is 6.44. The maximum Gasteiger partial charge on any atom is 0.421 e. The number of halogens is 3. The van der Waals surface area contributed by atoms with Gasteiger partial charge in [0.25, 0.3) is 0 Å². The summed E-state index contributed by atoms with van der Waals surface area (Å²) in [6.07, 6.45) is -4.16. The highest BCUT2D eigenvalue weighted by molar-refractivity contribution is 5.83. The number of aryl methyl sites for hydroxylation is 1. The molecule has 0 saturated heterocycles. The molecule has 0 aromatic heterocycles. The molecule has 1 aromatic carbocycles. The van der Waals surface area contributed by atoms with Crippen molar-refractivity contribution in [2.24, 2.45) is 10.1 Å². The van der Waals surface area contributed by atoms with E-state index in [0.29, 0.717) is 11.3 Å². The van der Waals surface area contributed by atoms with Gasteiger partial charge in [0.1, 0.15) is 12.4 Å². The monoisotopic (exact) mass is 403 g/mol. The van der Waals surface area contributed by atoms with Crippen molar-refractivity contribution in [3.63, 3.8) is 0 Å². The van der Waals surface area contributed by atoms with Gasteiger partial charge >= 0.3 is 6.18 Å². The number of hydrogen-bond acceptors (Lipinski definition) is 5. The Kier molecular flexibility index (Phi) is 8.29. The number of methoxy groups -OCH3 is 1. The molecule has 1 N–H and O–H groups in total. The standard InChI is InChI=1S/C19H28F3N3O3/c1-7-25(5)12-23-16-10-17(27-6)15(9-13(16)3)18(26,19(20,21)22)11-14(4)24-28-8-2/h9-10,12,26H,7-8,11H2,1-6H3/b23-12+,24-14+. The van der Waals surface area contributed by atoms with Crippen molar-refractivity contribution in [2.75, 3.05) is 27.3 Å². The van der Waals surface area contributed by atoms with E-state index in [0.717, 1.165) is 6.54 Å². The highest BCUT2D eigenvalue weighted by Crippen LogP contribution is 2.47. The lowest BCUT2D eigenvalue weighted by Crippen LogP contribution is -2.44. The van der Waals surface area contributed by atoms with Crippen LogP contribution in [0.15, 0.2) is 22.3 Å². The van der Waals surface area contributed by atoms with E-state index >= 15 is 0 Å². The van der Waals surface area contributed by atoms with Gasteiger partial charge in [0, 0.05) is 31.6 Å². The summed E-state index contributed by atoms with van der Waals surface area (Å²) in [6.45, 7) is 7.53. The van der Waals surface area contributed by atoms with Crippen LogP contribution in [0.1, 0.15) is 38.3 Å². The molecule has 0 aliphatic heterocycles. The second-order valence-electron chi connectivity index (χ2n) is 6.44. The Bertz CT molecular complexity index is 720. The van der Waals surface area contributed by atoms with Crippen LogP contribution in [-0.2, 0) is 10.4 Å². The summed E-state index contributed by atoms with van der Waals surface area (Å²) in [7, 11) is 3.07. The highest BCUT2D eigenvalue weighted by atomic mass is 19.4. The van der Waals surface area contributed by atoms with Gasteiger partial charge in [-0.3, -0.25) is 0 Å². The molecule has 0 amide bonds. The molecule has 0 spiro atoms. The van der Waals surface area contributed by atoms with Gasteiger partial charge in [-0.15, -0.1) is 0 Å². The summed E-state index contributed by atoms with van der Waals surface area (Å²) in [5.74, 6) is -0.110. The van der Waals surface area contributed by atoms with Gasteiger partial charge in [0.05, 0.1) is 24.8 Å². The first kappa shape index (κ1) is 23.7. The van der Waals surface area contributed by atoms with Crippen LogP contribution in [0.5, 0.6) is 5.75 Å². The molecule has 158 valence electrons. The third-order valence-corrected chi connectivity index (χ3v) is 4.19. The number of alkyl halides is 3. The van der Waals surface area contributed by atoms with Crippen molar-refractivity contribution >= 4 is 17.7 Å². The van der Waals surface area contributed by atoms with Crippen molar-refractivity contribution in [1.82, 2.24) is 4.90 Å². The SMILES string of the molecule is CCO/N=C(\C)CC(O)(c1cc(C)c(/N=C/N(C)CC)cc1OC)C(F)(F)F. The molecule has 1 rings (SSSR count). The molecule has 0 heterocycles. The van der Waals surface area contributed by atoms with Gasteiger partial charge in [-0.2, -0.15) is 13.2 Å². The molecule has 0 aliphatic carbocycles. The normalized spacial score (nSPS) is 14.9. The summed E-state index contributed by atoms with van der Waals surface area (Å²) < 4.78 is 46.8. The Balaban J connectivity index is 3.49. The lowest BCUT2D eigenvalue weighted by molar-refractivity contribution is -0.264. The lowest BCUT2D eigenvalue weighted by Gasteiger charge is -2.32. The van der Waals surface area contributed by atoms with Crippen LogP contribution in [0.2, 0.25) is 0 Å².